The van der Waals surface area contributed by atoms with E-state index in [1.807, 2.05) is 6.92 Å². The van der Waals surface area contributed by atoms with Gasteiger partial charge in [0.2, 0.25) is 0 Å². The van der Waals surface area contributed by atoms with Gasteiger partial charge in [-0.15, -0.1) is 0 Å². The Kier molecular flexibility index (Phi) is 5.87. The van der Waals surface area contributed by atoms with Crippen LogP contribution in [0, 0.1) is 6.92 Å². The molecule has 8 heteroatoms. The molecule has 1 heterocycles. The van der Waals surface area contributed by atoms with Gasteiger partial charge in [-0.2, -0.15) is 0 Å². The van der Waals surface area contributed by atoms with Crippen LogP contribution in [-0.4, -0.2) is 43.3 Å². The summed E-state index contributed by atoms with van der Waals surface area (Å²) in [5.74, 6) is -0.311. The molecule has 0 aliphatic heterocycles. The van der Waals surface area contributed by atoms with Crippen LogP contribution in [0.15, 0.2) is 65.7 Å². The molecule has 0 unspecified atom stereocenters. The molecular weight excluding hydrogens is 441 g/mol. The summed E-state index contributed by atoms with van der Waals surface area (Å²) < 4.78 is 35.5. The molecule has 0 aliphatic carbocycles. The van der Waals surface area contributed by atoms with Gasteiger partial charge in [0, 0.05) is 0 Å². The molecule has 0 fully saturated rings. The van der Waals surface area contributed by atoms with Crippen LogP contribution < -0.4 is 8.66 Å². The van der Waals surface area contributed by atoms with Gasteiger partial charge in [-0.05, 0) is 0 Å². The van der Waals surface area contributed by atoms with Crippen LogP contribution in [0.4, 0.5) is 0 Å². The van der Waals surface area contributed by atoms with E-state index in [9.17, 15) is 13.2 Å². The third-order valence-electron chi connectivity index (χ3n) is 3.98. The molecule has 0 aliphatic rings. The van der Waals surface area contributed by atoms with Gasteiger partial charge in [0.15, 0.2) is 0 Å². The number of hydrogen-bond acceptors (Lipinski definition) is 6. The van der Waals surface area contributed by atoms with Crippen LogP contribution in [0.25, 0.3) is 11.1 Å². The molecule has 0 saturated heterocycles. The summed E-state index contributed by atoms with van der Waals surface area (Å²) in [6.07, 6.45) is 1.60. The Hall–Kier alpha value is -2.63. The molecule has 0 atom stereocenters. The van der Waals surface area contributed by atoms with Gasteiger partial charge in [0.05, 0.1) is 0 Å². The van der Waals surface area contributed by atoms with E-state index in [0.29, 0.717) is 15.6 Å². The van der Waals surface area contributed by atoms with Gasteiger partial charge in [0.25, 0.3) is 0 Å². The number of esters is 1. The predicted octanol–water partition coefficient (Wildman–Crippen LogP) is 2.41. The Morgan fingerprint density at radius 1 is 1.00 bits per heavy atom. The zero-order valence-corrected chi connectivity index (χ0v) is 17.8. The molecule has 2 radical (unpaired) electrons. The summed E-state index contributed by atoms with van der Waals surface area (Å²) in [6.45, 7) is 1.87. The number of aromatic nitrogens is 1. The number of rotatable bonds is 5. The van der Waals surface area contributed by atoms with E-state index in [1.165, 1.54) is 19.2 Å². The number of pyridine rings is 1. The van der Waals surface area contributed by atoms with Crippen molar-refractivity contribution in [1.29, 1.82) is 0 Å². The Morgan fingerprint density at radius 3 is 2.25 bits per heavy atom. The first-order chi connectivity index (χ1) is 13.3. The molecule has 0 N–H and O–H groups in total. The summed E-state index contributed by atoms with van der Waals surface area (Å²) in [7, 11) is -2.67. The van der Waals surface area contributed by atoms with Crippen LogP contribution in [0.3, 0.4) is 0 Å². The first-order valence-electron chi connectivity index (χ1n) is 8.19. The van der Waals surface area contributed by atoms with Crippen LogP contribution in [0.2, 0.25) is 0 Å². The zero-order valence-electron chi connectivity index (χ0n) is 15.1. The first kappa shape index (κ1) is 20.1. The predicted molar refractivity (Wildman–Crippen MR) is 105 cm³/mol. The van der Waals surface area contributed by atoms with E-state index < -0.39 is 16.1 Å². The van der Waals surface area contributed by atoms with Crippen molar-refractivity contribution in [2.24, 2.45) is 0 Å². The Balaban J connectivity index is 1.91. The number of nitrogens with zero attached hydrogens (tertiary/aromatic N) is 1. The third kappa shape index (κ3) is 4.43. The molecule has 0 amide bonds. The molecule has 3 aromatic rings. The quantitative estimate of drug-likeness (QED) is 0.333. The van der Waals surface area contributed by atoms with Crippen molar-refractivity contribution < 1.29 is 22.1 Å². The molecule has 142 valence electrons. The first-order valence-corrected chi connectivity index (χ1v) is 10.5. The van der Waals surface area contributed by atoms with E-state index >= 15 is 0 Å². The van der Waals surface area contributed by atoms with Gasteiger partial charge >= 0.3 is 172 Å². The van der Waals surface area contributed by atoms with Crippen molar-refractivity contribution in [1.82, 2.24) is 4.98 Å². The summed E-state index contributed by atoms with van der Waals surface area (Å²) in [5.41, 5.74) is 2.78. The van der Waals surface area contributed by atoms with Crippen LogP contribution >= 0.6 is 0 Å². The maximum absolute atomic E-state index is 12.6. The second kappa shape index (κ2) is 8.17. The fourth-order valence-electron chi connectivity index (χ4n) is 2.44. The standard InChI is InChI=1S/C20H16AsNO5S/c1-13-3-9-17(10-4-13)28(24,25)27-18-11-16(12-22-19(18)21)14-5-7-15(8-6-14)20(23)26-2/h3-12H,1-2H3. The second-order valence-electron chi connectivity index (χ2n) is 5.97. The molecule has 1 aromatic heterocycles. The van der Waals surface area contributed by atoms with Crippen molar-refractivity contribution in [2.75, 3.05) is 7.11 Å². The number of methoxy groups -OCH3 is 1. The molecule has 0 spiro atoms. The molecule has 0 bridgehead atoms. The molecule has 2 aromatic carbocycles. The summed E-state index contributed by atoms with van der Waals surface area (Å²) in [6, 6.07) is 14.7. The summed E-state index contributed by atoms with van der Waals surface area (Å²) in [4.78, 5) is 15.8. The molecule has 6 nitrogen and oxygen atoms in total. The monoisotopic (exact) mass is 457 g/mol. The summed E-state index contributed by atoms with van der Waals surface area (Å²) in [5, 5.41) is 0. The fraction of sp³-hybridized carbons (Fsp3) is 0.100. The van der Waals surface area contributed by atoms with Gasteiger partial charge in [-0.1, -0.05) is 0 Å². The van der Waals surface area contributed by atoms with Gasteiger partial charge in [0.1, 0.15) is 0 Å². The number of aryl methyl sites for hydroxylation is 1. The van der Waals surface area contributed by atoms with Crippen molar-refractivity contribution in [3.63, 3.8) is 0 Å². The van der Waals surface area contributed by atoms with Crippen LogP contribution in [0.1, 0.15) is 15.9 Å². The SMILES string of the molecule is COC(=O)c1ccc(-c2cnc([As])c(OS(=O)(=O)c3ccc(C)cc3)c2)cc1. The van der Waals surface area contributed by atoms with Gasteiger partial charge in [-0.25, -0.2) is 0 Å². The number of carbonyl (C=O) groups is 1. The van der Waals surface area contributed by atoms with Crippen LogP contribution in [0.5, 0.6) is 5.75 Å². The maximum atomic E-state index is 12.6. The summed E-state index contributed by atoms with van der Waals surface area (Å²) >= 11 is 2.19. The van der Waals surface area contributed by atoms with E-state index in [2.05, 4.69) is 26.6 Å². The number of carbonyl (C=O) groups excluding carboxylic acids is 1. The number of benzene rings is 2. The van der Waals surface area contributed by atoms with E-state index in [-0.39, 0.29) is 10.6 Å². The molecule has 3 rings (SSSR count). The van der Waals surface area contributed by atoms with E-state index in [4.69, 9.17) is 4.18 Å². The van der Waals surface area contributed by atoms with Crippen LogP contribution in [-0.2, 0) is 14.9 Å². The average molecular weight is 457 g/mol. The second-order valence-corrected chi connectivity index (χ2v) is 8.40. The number of hydrogen-bond donors (Lipinski definition) is 0. The fourth-order valence-corrected chi connectivity index (χ4v) is 3.86. The van der Waals surface area contributed by atoms with E-state index in [1.54, 1.807) is 48.7 Å². The zero-order chi connectivity index (χ0) is 20.3. The van der Waals surface area contributed by atoms with Crippen molar-refractivity contribution in [2.45, 2.75) is 11.8 Å². The molecule has 0 saturated carbocycles. The minimum absolute atomic E-state index is 0.0674. The average Bonchev–Trinajstić information content (AvgIpc) is 2.69. The molecule has 28 heavy (non-hydrogen) atoms. The minimum atomic E-state index is -3.98. The van der Waals surface area contributed by atoms with Crippen molar-refractivity contribution in [3.8, 4) is 16.9 Å². The molecular formula is C20H16AsNO5S. The van der Waals surface area contributed by atoms with Crippen molar-refractivity contribution in [3.05, 3.63) is 71.9 Å². The Labute approximate surface area is 172 Å². The van der Waals surface area contributed by atoms with Gasteiger partial charge < -0.3 is 0 Å². The Bertz CT molecular complexity index is 1110. The van der Waals surface area contributed by atoms with Crippen molar-refractivity contribution >= 4 is 37.4 Å². The van der Waals surface area contributed by atoms with Gasteiger partial charge in [-0.3, -0.25) is 0 Å². The van der Waals surface area contributed by atoms with E-state index in [0.717, 1.165) is 11.1 Å². The topological polar surface area (TPSA) is 82.6 Å². The Morgan fingerprint density at radius 2 is 1.64 bits per heavy atom. The third-order valence-corrected chi connectivity index (χ3v) is 5.93. The number of ether oxygens (including phenoxy) is 1. The normalized spacial score (nSPS) is 11.1.